The number of hydrogen-bond donors (Lipinski definition) is 1. The van der Waals surface area contributed by atoms with Gasteiger partial charge < -0.3 is 10.0 Å². The molecule has 1 N–H and O–H groups in total. The second-order valence-corrected chi connectivity index (χ2v) is 5.22. The van der Waals surface area contributed by atoms with Crippen molar-refractivity contribution in [2.45, 2.75) is 19.8 Å². The van der Waals surface area contributed by atoms with Crippen molar-refractivity contribution in [2.24, 2.45) is 17.8 Å². The van der Waals surface area contributed by atoms with Crippen molar-refractivity contribution in [1.29, 1.82) is 0 Å². The molecule has 92 valence electrons. The van der Waals surface area contributed by atoms with Gasteiger partial charge in [-0.2, -0.15) is 0 Å². The first-order chi connectivity index (χ1) is 8.33. The van der Waals surface area contributed by atoms with Crippen molar-refractivity contribution in [3.63, 3.8) is 0 Å². The fourth-order valence-corrected chi connectivity index (χ4v) is 3.01. The summed E-state index contributed by atoms with van der Waals surface area (Å²) in [6.45, 7) is 4.54. The van der Waals surface area contributed by atoms with Crippen molar-refractivity contribution in [3.8, 4) is 0 Å². The number of aromatic nitrogens is 2. The molecule has 0 aromatic carbocycles. The summed E-state index contributed by atoms with van der Waals surface area (Å²) in [5.41, 5.74) is 1.22. The molecule has 2 fully saturated rings. The number of rotatable bonds is 4. The molecule has 1 saturated heterocycles. The average molecular weight is 233 g/mol. The van der Waals surface area contributed by atoms with E-state index in [9.17, 15) is 0 Å². The first-order valence-corrected chi connectivity index (χ1v) is 6.50. The Morgan fingerprint density at radius 2 is 1.94 bits per heavy atom. The van der Waals surface area contributed by atoms with Gasteiger partial charge in [-0.25, -0.2) is 9.97 Å². The van der Waals surface area contributed by atoms with Crippen LogP contribution < -0.4 is 4.90 Å². The number of aliphatic hydroxyl groups is 1. The summed E-state index contributed by atoms with van der Waals surface area (Å²) in [6.07, 6.45) is 6.07. The third-order valence-corrected chi connectivity index (χ3v) is 4.10. The van der Waals surface area contributed by atoms with E-state index in [0.717, 1.165) is 31.9 Å². The van der Waals surface area contributed by atoms with E-state index in [2.05, 4.69) is 21.8 Å². The predicted molar refractivity (Wildman–Crippen MR) is 65.8 cm³/mol. The maximum absolute atomic E-state index is 9.11. The van der Waals surface area contributed by atoms with Gasteiger partial charge in [0.05, 0.1) is 0 Å². The van der Waals surface area contributed by atoms with Crippen LogP contribution in [-0.4, -0.2) is 34.8 Å². The Labute approximate surface area is 102 Å². The van der Waals surface area contributed by atoms with Gasteiger partial charge in [0, 0.05) is 32.1 Å². The SMILES string of the molecule is CCCc1cnc(N2CC3C(CO)C3C2)nc1. The summed E-state index contributed by atoms with van der Waals surface area (Å²) in [5.74, 6) is 2.76. The van der Waals surface area contributed by atoms with E-state index in [1.165, 1.54) is 5.56 Å². The van der Waals surface area contributed by atoms with Crippen LogP contribution in [0, 0.1) is 17.8 Å². The van der Waals surface area contributed by atoms with Crippen LogP contribution in [-0.2, 0) is 6.42 Å². The van der Waals surface area contributed by atoms with Crippen LogP contribution in [0.5, 0.6) is 0 Å². The summed E-state index contributed by atoms with van der Waals surface area (Å²) in [5, 5.41) is 9.11. The van der Waals surface area contributed by atoms with E-state index in [4.69, 9.17) is 5.11 Å². The topological polar surface area (TPSA) is 49.2 Å². The van der Waals surface area contributed by atoms with Crippen LogP contribution in [0.15, 0.2) is 12.4 Å². The van der Waals surface area contributed by atoms with E-state index in [1.807, 2.05) is 12.4 Å². The minimum Gasteiger partial charge on any atom is -0.396 e. The molecule has 2 heterocycles. The van der Waals surface area contributed by atoms with Crippen molar-refractivity contribution >= 4 is 5.95 Å². The maximum atomic E-state index is 9.11. The van der Waals surface area contributed by atoms with Crippen LogP contribution in [0.25, 0.3) is 0 Å². The summed E-state index contributed by atoms with van der Waals surface area (Å²) in [7, 11) is 0. The molecule has 4 heteroatoms. The Hall–Kier alpha value is -1.16. The van der Waals surface area contributed by atoms with Gasteiger partial charge in [0.2, 0.25) is 5.95 Å². The van der Waals surface area contributed by atoms with Gasteiger partial charge >= 0.3 is 0 Å². The van der Waals surface area contributed by atoms with Gasteiger partial charge in [0.15, 0.2) is 0 Å². The third-order valence-electron chi connectivity index (χ3n) is 4.10. The van der Waals surface area contributed by atoms with E-state index >= 15 is 0 Å². The van der Waals surface area contributed by atoms with Crippen LogP contribution in [0.3, 0.4) is 0 Å². The number of aryl methyl sites for hydroxylation is 1. The molecular weight excluding hydrogens is 214 g/mol. The smallest absolute Gasteiger partial charge is 0.225 e. The summed E-state index contributed by atoms with van der Waals surface area (Å²) in [6, 6.07) is 0. The highest BCUT2D eigenvalue weighted by Crippen LogP contribution is 2.51. The van der Waals surface area contributed by atoms with Crippen LogP contribution in [0.4, 0.5) is 5.95 Å². The first-order valence-electron chi connectivity index (χ1n) is 6.50. The van der Waals surface area contributed by atoms with Crippen molar-refractivity contribution in [1.82, 2.24) is 9.97 Å². The van der Waals surface area contributed by atoms with Crippen molar-refractivity contribution < 1.29 is 5.11 Å². The second kappa shape index (κ2) is 4.26. The molecule has 1 aromatic heterocycles. The fraction of sp³-hybridized carbons (Fsp3) is 0.692. The number of anilines is 1. The molecule has 1 aromatic rings. The van der Waals surface area contributed by atoms with Gasteiger partial charge in [-0.3, -0.25) is 0 Å². The lowest BCUT2D eigenvalue weighted by atomic mass is 10.2. The van der Waals surface area contributed by atoms with E-state index in [-0.39, 0.29) is 0 Å². The van der Waals surface area contributed by atoms with E-state index < -0.39 is 0 Å². The van der Waals surface area contributed by atoms with Gasteiger partial charge in [-0.15, -0.1) is 0 Å². The average Bonchev–Trinajstić information content (AvgIpc) is 2.83. The Bertz CT molecular complexity index is 380. The molecule has 1 aliphatic heterocycles. The fourth-order valence-electron chi connectivity index (χ4n) is 3.01. The lowest BCUT2D eigenvalue weighted by molar-refractivity contribution is 0.260. The van der Waals surface area contributed by atoms with Gasteiger partial charge in [-0.05, 0) is 29.7 Å². The van der Waals surface area contributed by atoms with E-state index in [0.29, 0.717) is 24.4 Å². The molecule has 17 heavy (non-hydrogen) atoms. The second-order valence-electron chi connectivity index (χ2n) is 5.22. The standard InChI is InChI=1S/C13H19N3O/c1-2-3-9-4-14-13(15-5-9)16-6-10-11(7-16)12(10)8-17/h4-5,10-12,17H,2-3,6-8H2,1H3. The zero-order chi connectivity index (χ0) is 11.8. The normalized spacial score (nSPS) is 30.5. The number of hydrogen-bond acceptors (Lipinski definition) is 4. The minimum atomic E-state index is 0.347. The molecule has 2 atom stereocenters. The highest BCUT2D eigenvalue weighted by Gasteiger charge is 2.55. The molecule has 2 unspecified atom stereocenters. The summed E-state index contributed by atoms with van der Waals surface area (Å²) >= 11 is 0. The van der Waals surface area contributed by atoms with Crippen molar-refractivity contribution in [2.75, 3.05) is 24.6 Å². The zero-order valence-corrected chi connectivity index (χ0v) is 10.2. The van der Waals surface area contributed by atoms with E-state index in [1.54, 1.807) is 0 Å². The highest BCUT2D eigenvalue weighted by atomic mass is 16.3. The monoisotopic (exact) mass is 233 g/mol. The van der Waals surface area contributed by atoms with Crippen molar-refractivity contribution in [3.05, 3.63) is 18.0 Å². The minimum absolute atomic E-state index is 0.347. The molecule has 0 amide bonds. The van der Waals surface area contributed by atoms with Gasteiger partial charge in [0.1, 0.15) is 0 Å². The molecule has 1 aliphatic carbocycles. The molecular formula is C13H19N3O. The third kappa shape index (κ3) is 1.90. The maximum Gasteiger partial charge on any atom is 0.225 e. The Kier molecular flexibility index (Phi) is 2.74. The Morgan fingerprint density at radius 1 is 1.29 bits per heavy atom. The quantitative estimate of drug-likeness (QED) is 0.846. The number of piperidine rings is 1. The largest absolute Gasteiger partial charge is 0.396 e. The lowest BCUT2D eigenvalue weighted by Gasteiger charge is -2.19. The number of fused-ring (bicyclic) bond motifs is 1. The zero-order valence-electron chi connectivity index (χ0n) is 10.2. The number of nitrogens with zero attached hydrogens (tertiary/aromatic N) is 3. The summed E-state index contributed by atoms with van der Waals surface area (Å²) in [4.78, 5) is 11.1. The predicted octanol–water partition coefficient (Wildman–Crippen LogP) is 1.10. The lowest BCUT2D eigenvalue weighted by Crippen LogP contribution is -2.26. The molecule has 4 nitrogen and oxygen atoms in total. The Morgan fingerprint density at radius 3 is 2.47 bits per heavy atom. The Balaban J connectivity index is 1.63. The summed E-state index contributed by atoms with van der Waals surface area (Å²) < 4.78 is 0. The molecule has 0 spiro atoms. The van der Waals surface area contributed by atoms with Crippen LogP contribution in [0.2, 0.25) is 0 Å². The van der Waals surface area contributed by atoms with Crippen LogP contribution in [0.1, 0.15) is 18.9 Å². The number of aliphatic hydroxyl groups excluding tert-OH is 1. The van der Waals surface area contributed by atoms with Gasteiger partial charge in [0.25, 0.3) is 0 Å². The molecule has 2 aliphatic rings. The highest BCUT2D eigenvalue weighted by molar-refractivity contribution is 5.35. The molecule has 0 bridgehead atoms. The van der Waals surface area contributed by atoms with Crippen LogP contribution >= 0.6 is 0 Å². The first kappa shape index (κ1) is 11.0. The molecule has 1 saturated carbocycles. The molecule has 0 radical (unpaired) electrons. The van der Waals surface area contributed by atoms with Gasteiger partial charge in [-0.1, -0.05) is 13.3 Å². The molecule has 3 rings (SSSR count).